The van der Waals surface area contributed by atoms with Crippen LogP contribution < -0.4 is 4.90 Å². The van der Waals surface area contributed by atoms with Gasteiger partial charge < -0.3 is 9.32 Å². The zero-order valence-corrected chi connectivity index (χ0v) is 29.6. The van der Waals surface area contributed by atoms with Gasteiger partial charge in [-0.15, -0.1) is 0 Å². The van der Waals surface area contributed by atoms with Gasteiger partial charge in [0.05, 0.1) is 0 Å². The Morgan fingerprint density at radius 1 is 0.358 bits per heavy atom. The molecule has 0 saturated carbocycles. The van der Waals surface area contributed by atoms with Gasteiger partial charge in [-0.2, -0.15) is 0 Å². The SMILES string of the molecule is CC1(C)c2ccccc2-c2ccc(N(c3cccc(-c4ccc5oc6ccccc6c5c4)c3)c3ccc4c5ccccc5c5ccccc5c4c3)cc21. The smallest absolute Gasteiger partial charge is 0.135 e. The van der Waals surface area contributed by atoms with Gasteiger partial charge in [0.1, 0.15) is 11.2 Å². The number of nitrogens with zero attached hydrogens (tertiary/aromatic N) is 1. The largest absolute Gasteiger partial charge is 0.456 e. The third kappa shape index (κ3) is 4.45. The lowest BCUT2D eigenvalue weighted by molar-refractivity contribution is 0.660. The number of anilines is 3. The summed E-state index contributed by atoms with van der Waals surface area (Å²) in [6.07, 6.45) is 0. The molecule has 0 aliphatic heterocycles. The van der Waals surface area contributed by atoms with Crippen LogP contribution in [0.2, 0.25) is 0 Å². The predicted octanol–water partition coefficient (Wildman–Crippen LogP) is 14.5. The molecule has 1 heterocycles. The first-order valence-electron chi connectivity index (χ1n) is 18.4. The van der Waals surface area contributed by atoms with Crippen LogP contribution in [0.3, 0.4) is 0 Å². The summed E-state index contributed by atoms with van der Waals surface area (Å²) in [5, 5.41) is 9.90. The quantitative estimate of drug-likeness (QED) is 0.172. The van der Waals surface area contributed by atoms with E-state index in [1.165, 1.54) is 54.6 Å². The maximum atomic E-state index is 6.18. The maximum Gasteiger partial charge on any atom is 0.135 e. The highest BCUT2D eigenvalue weighted by Crippen LogP contribution is 2.51. The molecule has 10 aromatic rings. The molecule has 250 valence electrons. The third-order valence-electron chi connectivity index (χ3n) is 11.6. The predicted molar refractivity (Wildman–Crippen MR) is 224 cm³/mol. The van der Waals surface area contributed by atoms with Crippen LogP contribution in [0.4, 0.5) is 17.1 Å². The van der Waals surface area contributed by atoms with E-state index in [1.54, 1.807) is 0 Å². The minimum Gasteiger partial charge on any atom is -0.456 e. The summed E-state index contributed by atoms with van der Waals surface area (Å²) in [6, 6.07) is 64.4. The first-order chi connectivity index (χ1) is 26.0. The molecule has 2 heteroatoms. The van der Waals surface area contributed by atoms with E-state index >= 15 is 0 Å². The van der Waals surface area contributed by atoms with Crippen molar-refractivity contribution in [1.82, 2.24) is 0 Å². The molecular formula is C51H35NO. The number of benzene rings is 9. The Morgan fingerprint density at radius 2 is 0.925 bits per heavy atom. The van der Waals surface area contributed by atoms with Gasteiger partial charge in [-0.3, -0.25) is 0 Å². The molecule has 53 heavy (non-hydrogen) atoms. The highest BCUT2D eigenvalue weighted by molar-refractivity contribution is 6.25. The molecule has 0 atom stereocenters. The molecule has 0 radical (unpaired) electrons. The number of hydrogen-bond donors (Lipinski definition) is 0. The average Bonchev–Trinajstić information content (AvgIpc) is 3.69. The van der Waals surface area contributed by atoms with Gasteiger partial charge in [-0.05, 0) is 120 Å². The second-order valence-electron chi connectivity index (χ2n) is 14.9. The Hall–Kier alpha value is -6.64. The van der Waals surface area contributed by atoms with Crippen LogP contribution in [0, 0.1) is 0 Å². The van der Waals surface area contributed by atoms with Crippen LogP contribution in [0.15, 0.2) is 180 Å². The Kier molecular flexibility index (Phi) is 6.33. The van der Waals surface area contributed by atoms with E-state index in [-0.39, 0.29) is 5.41 Å². The summed E-state index contributed by atoms with van der Waals surface area (Å²) in [7, 11) is 0. The highest BCUT2D eigenvalue weighted by Gasteiger charge is 2.35. The van der Waals surface area contributed by atoms with Crippen LogP contribution in [0.5, 0.6) is 0 Å². The number of para-hydroxylation sites is 1. The van der Waals surface area contributed by atoms with E-state index in [0.29, 0.717) is 0 Å². The van der Waals surface area contributed by atoms with Gasteiger partial charge in [0, 0.05) is 33.2 Å². The molecule has 11 rings (SSSR count). The summed E-state index contributed by atoms with van der Waals surface area (Å²) >= 11 is 0. The van der Waals surface area contributed by atoms with Crippen molar-refractivity contribution in [2.24, 2.45) is 0 Å². The lowest BCUT2D eigenvalue weighted by Gasteiger charge is -2.29. The molecule has 1 aromatic heterocycles. The van der Waals surface area contributed by atoms with Crippen molar-refractivity contribution in [3.63, 3.8) is 0 Å². The second-order valence-corrected chi connectivity index (χ2v) is 14.9. The second kappa shape index (κ2) is 11.2. The molecular weight excluding hydrogens is 643 g/mol. The molecule has 1 aliphatic carbocycles. The Labute approximate surface area is 308 Å². The van der Waals surface area contributed by atoms with E-state index in [9.17, 15) is 0 Å². The fraction of sp³-hybridized carbons (Fsp3) is 0.0588. The molecule has 0 N–H and O–H groups in total. The van der Waals surface area contributed by atoms with E-state index in [0.717, 1.165) is 50.1 Å². The summed E-state index contributed by atoms with van der Waals surface area (Å²) in [5.74, 6) is 0. The minimum atomic E-state index is -0.114. The normalized spacial score (nSPS) is 13.2. The number of rotatable bonds is 4. The molecule has 0 spiro atoms. The molecule has 1 aliphatic rings. The molecule has 9 aromatic carbocycles. The van der Waals surface area contributed by atoms with Crippen molar-refractivity contribution in [2.45, 2.75) is 19.3 Å². The maximum absolute atomic E-state index is 6.18. The van der Waals surface area contributed by atoms with Crippen LogP contribution in [0.1, 0.15) is 25.0 Å². The summed E-state index contributed by atoms with van der Waals surface area (Å²) in [5.41, 5.74) is 12.8. The van der Waals surface area contributed by atoms with Gasteiger partial charge in [-0.1, -0.05) is 135 Å². The summed E-state index contributed by atoms with van der Waals surface area (Å²) in [4.78, 5) is 2.44. The zero-order chi connectivity index (χ0) is 35.3. The van der Waals surface area contributed by atoms with Gasteiger partial charge in [-0.25, -0.2) is 0 Å². The first-order valence-corrected chi connectivity index (χ1v) is 18.4. The minimum absolute atomic E-state index is 0.114. The van der Waals surface area contributed by atoms with Gasteiger partial charge >= 0.3 is 0 Å². The monoisotopic (exact) mass is 677 g/mol. The van der Waals surface area contributed by atoms with Crippen molar-refractivity contribution in [2.75, 3.05) is 4.90 Å². The standard InChI is InChI=1S/C51H35NO/c1-51(2)47-20-9-7-18-42(47)43-26-24-36(31-48(43)51)52(35-23-25-41-39-16-4-3-14-37(39)38-15-5-6-17-40(38)45(41)30-35)34-13-11-12-32(28-34)33-22-27-50-46(29-33)44-19-8-10-21-49(44)53-50/h3-31H,1-2H3. The fourth-order valence-corrected chi connectivity index (χ4v) is 9.04. The zero-order valence-electron chi connectivity index (χ0n) is 29.6. The van der Waals surface area contributed by atoms with Crippen molar-refractivity contribution in [3.8, 4) is 22.3 Å². The Balaban J connectivity index is 1.14. The lowest BCUT2D eigenvalue weighted by atomic mass is 9.82. The summed E-state index contributed by atoms with van der Waals surface area (Å²) < 4.78 is 6.18. The van der Waals surface area contributed by atoms with Crippen LogP contribution >= 0.6 is 0 Å². The topological polar surface area (TPSA) is 16.4 Å². The van der Waals surface area contributed by atoms with Crippen LogP contribution in [-0.4, -0.2) is 0 Å². The summed E-state index contributed by atoms with van der Waals surface area (Å²) in [6.45, 7) is 4.71. The number of furan rings is 1. The van der Waals surface area contributed by atoms with E-state index in [1.807, 2.05) is 12.1 Å². The first kappa shape index (κ1) is 30.0. The third-order valence-corrected chi connectivity index (χ3v) is 11.6. The van der Waals surface area contributed by atoms with Crippen LogP contribution in [-0.2, 0) is 5.41 Å². The molecule has 0 amide bonds. The average molecular weight is 678 g/mol. The van der Waals surface area contributed by atoms with Gasteiger partial charge in [0.2, 0.25) is 0 Å². The fourth-order valence-electron chi connectivity index (χ4n) is 9.04. The van der Waals surface area contributed by atoms with Gasteiger partial charge in [0.15, 0.2) is 0 Å². The van der Waals surface area contributed by atoms with E-state index in [4.69, 9.17) is 4.42 Å². The van der Waals surface area contributed by atoms with Crippen molar-refractivity contribution in [1.29, 1.82) is 0 Å². The van der Waals surface area contributed by atoms with Crippen LogP contribution in [0.25, 0.3) is 76.5 Å². The van der Waals surface area contributed by atoms with Crippen molar-refractivity contribution < 1.29 is 4.42 Å². The number of fused-ring (bicyclic) bond motifs is 12. The highest BCUT2D eigenvalue weighted by atomic mass is 16.3. The molecule has 2 nitrogen and oxygen atoms in total. The molecule has 0 saturated heterocycles. The molecule has 0 fully saturated rings. The Morgan fingerprint density at radius 3 is 1.72 bits per heavy atom. The van der Waals surface area contributed by atoms with E-state index < -0.39 is 0 Å². The van der Waals surface area contributed by atoms with Crippen molar-refractivity contribution in [3.05, 3.63) is 187 Å². The van der Waals surface area contributed by atoms with Crippen molar-refractivity contribution >= 4 is 71.3 Å². The Bertz CT molecular complexity index is 3070. The van der Waals surface area contributed by atoms with E-state index in [2.05, 4.69) is 183 Å². The molecule has 0 unspecified atom stereocenters. The number of hydrogen-bond acceptors (Lipinski definition) is 2. The lowest BCUT2D eigenvalue weighted by Crippen LogP contribution is -2.16. The molecule has 0 bridgehead atoms. The van der Waals surface area contributed by atoms with Gasteiger partial charge in [0.25, 0.3) is 0 Å².